The molecular formula is C20H21NO5S. The van der Waals surface area contributed by atoms with Crippen LogP contribution in [0.5, 0.6) is 17.2 Å². The van der Waals surface area contributed by atoms with E-state index in [1.54, 1.807) is 30.3 Å². The predicted octanol–water partition coefficient (Wildman–Crippen LogP) is 3.34. The summed E-state index contributed by atoms with van der Waals surface area (Å²) >= 11 is 0. The highest BCUT2D eigenvalue weighted by atomic mass is 32.2. The molecular weight excluding hydrogens is 366 g/mol. The first kappa shape index (κ1) is 19.0. The van der Waals surface area contributed by atoms with Crippen molar-refractivity contribution in [1.29, 1.82) is 0 Å². The average molecular weight is 387 g/mol. The van der Waals surface area contributed by atoms with Gasteiger partial charge in [-0.15, -0.1) is 0 Å². The number of benzene rings is 3. The van der Waals surface area contributed by atoms with Crippen LogP contribution < -0.4 is 18.9 Å². The number of methoxy groups -OCH3 is 3. The maximum Gasteiger partial charge on any atom is 0.240 e. The van der Waals surface area contributed by atoms with Gasteiger partial charge in [-0.2, -0.15) is 0 Å². The van der Waals surface area contributed by atoms with E-state index in [9.17, 15) is 8.42 Å². The number of hydrogen-bond acceptors (Lipinski definition) is 5. The van der Waals surface area contributed by atoms with E-state index >= 15 is 0 Å². The minimum atomic E-state index is -3.69. The van der Waals surface area contributed by atoms with Crippen LogP contribution >= 0.6 is 0 Å². The maximum atomic E-state index is 12.7. The number of rotatable bonds is 7. The molecule has 27 heavy (non-hydrogen) atoms. The molecule has 0 bridgehead atoms. The summed E-state index contributed by atoms with van der Waals surface area (Å²) in [7, 11) is 0.841. The first-order valence-corrected chi connectivity index (χ1v) is 9.75. The van der Waals surface area contributed by atoms with Gasteiger partial charge in [-0.25, -0.2) is 13.1 Å². The molecule has 3 aromatic carbocycles. The van der Waals surface area contributed by atoms with Crippen LogP contribution in [0.25, 0.3) is 10.8 Å². The Morgan fingerprint density at radius 2 is 1.52 bits per heavy atom. The van der Waals surface area contributed by atoms with Crippen LogP contribution in [0.4, 0.5) is 0 Å². The lowest BCUT2D eigenvalue weighted by molar-refractivity contribution is 0.322. The molecule has 0 aromatic heterocycles. The topological polar surface area (TPSA) is 73.9 Å². The smallest absolute Gasteiger partial charge is 0.240 e. The van der Waals surface area contributed by atoms with E-state index in [4.69, 9.17) is 14.2 Å². The number of fused-ring (bicyclic) bond motifs is 1. The summed E-state index contributed by atoms with van der Waals surface area (Å²) in [5.41, 5.74) is 0.638. The van der Waals surface area contributed by atoms with Gasteiger partial charge in [0.1, 0.15) is 0 Å². The van der Waals surface area contributed by atoms with Gasteiger partial charge in [0.15, 0.2) is 11.5 Å². The summed E-state index contributed by atoms with van der Waals surface area (Å²) in [4.78, 5) is 0.209. The van der Waals surface area contributed by atoms with Crippen molar-refractivity contribution in [3.8, 4) is 17.2 Å². The number of ether oxygens (including phenoxy) is 3. The van der Waals surface area contributed by atoms with Crippen molar-refractivity contribution in [2.45, 2.75) is 11.4 Å². The van der Waals surface area contributed by atoms with Gasteiger partial charge in [0.05, 0.1) is 26.2 Å². The van der Waals surface area contributed by atoms with Crippen molar-refractivity contribution < 1.29 is 22.6 Å². The maximum absolute atomic E-state index is 12.7. The van der Waals surface area contributed by atoms with Gasteiger partial charge in [-0.1, -0.05) is 36.4 Å². The van der Waals surface area contributed by atoms with E-state index in [2.05, 4.69) is 4.72 Å². The fourth-order valence-corrected chi connectivity index (χ4v) is 3.93. The molecule has 0 fully saturated rings. The number of hydrogen-bond donors (Lipinski definition) is 1. The fraction of sp³-hybridized carbons (Fsp3) is 0.200. The van der Waals surface area contributed by atoms with Crippen molar-refractivity contribution in [2.24, 2.45) is 0 Å². The van der Waals surface area contributed by atoms with Gasteiger partial charge < -0.3 is 14.2 Å². The van der Waals surface area contributed by atoms with E-state index in [0.29, 0.717) is 22.8 Å². The third kappa shape index (κ3) is 3.84. The Hall–Kier alpha value is -2.77. The molecule has 0 aliphatic rings. The second kappa shape index (κ2) is 7.85. The molecule has 3 aromatic rings. The molecule has 0 unspecified atom stereocenters. The molecule has 0 aliphatic heterocycles. The zero-order valence-electron chi connectivity index (χ0n) is 15.4. The Labute approximate surface area is 158 Å². The highest BCUT2D eigenvalue weighted by molar-refractivity contribution is 7.89. The molecule has 0 saturated heterocycles. The molecule has 0 radical (unpaired) electrons. The lowest BCUT2D eigenvalue weighted by Gasteiger charge is -2.16. The van der Waals surface area contributed by atoms with Crippen LogP contribution in [0, 0.1) is 0 Å². The zero-order valence-corrected chi connectivity index (χ0v) is 16.2. The summed E-state index contributed by atoms with van der Waals surface area (Å²) in [6.07, 6.45) is 0. The largest absolute Gasteiger partial charge is 0.493 e. The van der Waals surface area contributed by atoms with Crippen LogP contribution in [0.1, 0.15) is 5.56 Å². The SMILES string of the molecule is COc1ccc(CNS(=O)(=O)c2ccc3ccccc3c2)c(OC)c1OC. The third-order valence-corrected chi connectivity index (χ3v) is 5.67. The molecule has 0 saturated carbocycles. The highest BCUT2D eigenvalue weighted by Crippen LogP contribution is 2.39. The second-order valence-corrected chi connectivity index (χ2v) is 7.59. The molecule has 6 nitrogen and oxygen atoms in total. The lowest BCUT2D eigenvalue weighted by Crippen LogP contribution is -2.23. The van der Waals surface area contributed by atoms with Crippen LogP contribution in [0.2, 0.25) is 0 Å². The molecule has 0 spiro atoms. The minimum Gasteiger partial charge on any atom is -0.493 e. The van der Waals surface area contributed by atoms with Gasteiger partial charge in [-0.05, 0) is 29.0 Å². The molecule has 0 atom stereocenters. The zero-order chi connectivity index (χ0) is 19.4. The summed E-state index contributed by atoms with van der Waals surface area (Å²) < 4.78 is 44.0. The molecule has 0 heterocycles. The van der Waals surface area contributed by atoms with E-state index in [1.807, 2.05) is 24.3 Å². The second-order valence-electron chi connectivity index (χ2n) is 5.83. The Morgan fingerprint density at radius 3 is 2.19 bits per heavy atom. The highest BCUT2D eigenvalue weighted by Gasteiger charge is 2.19. The number of sulfonamides is 1. The summed E-state index contributed by atoms with van der Waals surface area (Å²) in [6.45, 7) is 0.0543. The Kier molecular flexibility index (Phi) is 5.53. The first-order chi connectivity index (χ1) is 13.0. The van der Waals surface area contributed by atoms with Crippen LogP contribution in [-0.4, -0.2) is 29.7 Å². The molecule has 0 aliphatic carbocycles. The quantitative estimate of drug-likeness (QED) is 0.673. The lowest BCUT2D eigenvalue weighted by atomic mass is 10.1. The molecule has 7 heteroatoms. The fourth-order valence-electron chi connectivity index (χ4n) is 2.89. The van der Waals surface area contributed by atoms with Gasteiger partial charge in [0.25, 0.3) is 0 Å². The number of nitrogens with one attached hydrogen (secondary N) is 1. The Balaban J connectivity index is 1.88. The molecule has 1 N–H and O–H groups in total. The van der Waals surface area contributed by atoms with Crippen molar-refractivity contribution in [2.75, 3.05) is 21.3 Å². The monoisotopic (exact) mass is 387 g/mol. The average Bonchev–Trinajstić information content (AvgIpc) is 2.70. The van der Waals surface area contributed by atoms with Crippen molar-refractivity contribution in [3.05, 3.63) is 60.2 Å². The normalized spacial score (nSPS) is 11.4. The van der Waals surface area contributed by atoms with Gasteiger partial charge in [-0.3, -0.25) is 0 Å². The van der Waals surface area contributed by atoms with E-state index in [-0.39, 0.29) is 11.4 Å². The van der Waals surface area contributed by atoms with Crippen molar-refractivity contribution >= 4 is 20.8 Å². The van der Waals surface area contributed by atoms with Crippen LogP contribution in [-0.2, 0) is 16.6 Å². The Morgan fingerprint density at radius 1 is 0.815 bits per heavy atom. The van der Waals surface area contributed by atoms with Gasteiger partial charge in [0, 0.05) is 12.1 Å². The van der Waals surface area contributed by atoms with Crippen LogP contribution in [0.15, 0.2) is 59.5 Å². The summed E-state index contributed by atoms with van der Waals surface area (Å²) in [5.74, 6) is 1.36. The van der Waals surface area contributed by atoms with Crippen molar-refractivity contribution in [3.63, 3.8) is 0 Å². The van der Waals surface area contributed by atoms with E-state index in [0.717, 1.165) is 10.8 Å². The molecule has 142 valence electrons. The van der Waals surface area contributed by atoms with E-state index in [1.165, 1.54) is 21.3 Å². The standard InChI is InChI=1S/C20H21NO5S/c1-24-18-11-9-16(19(25-2)20(18)26-3)13-21-27(22,23)17-10-8-14-6-4-5-7-15(14)12-17/h4-12,21H,13H2,1-3H3. The molecule has 0 amide bonds. The van der Waals surface area contributed by atoms with E-state index < -0.39 is 10.0 Å². The third-order valence-electron chi connectivity index (χ3n) is 4.27. The Bertz CT molecular complexity index is 1060. The molecule has 3 rings (SSSR count). The first-order valence-electron chi connectivity index (χ1n) is 8.26. The van der Waals surface area contributed by atoms with Gasteiger partial charge in [0.2, 0.25) is 15.8 Å². The predicted molar refractivity (Wildman–Crippen MR) is 104 cm³/mol. The summed E-state index contributed by atoms with van der Waals surface area (Å²) in [5, 5.41) is 1.85. The summed E-state index contributed by atoms with van der Waals surface area (Å²) in [6, 6.07) is 16.1. The van der Waals surface area contributed by atoms with Crippen LogP contribution in [0.3, 0.4) is 0 Å². The van der Waals surface area contributed by atoms with Crippen molar-refractivity contribution in [1.82, 2.24) is 4.72 Å². The minimum absolute atomic E-state index is 0.0543. The van der Waals surface area contributed by atoms with Gasteiger partial charge >= 0.3 is 0 Å².